The van der Waals surface area contributed by atoms with E-state index in [1.54, 1.807) is 52.5 Å². The largest absolute Gasteiger partial charge is 0.497 e. The average molecular weight is 421 g/mol. The summed E-state index contributed by atoms with van der Waals surface area (Å²) < 4.78 is 38.1. The molecule has 0 aromatic heterocycles. The van der Waals surface area contributed by atoms with E-state index in [0.29, 0.717) is 23.6 Å². The van der Waals surface area contributed by atoms with E-state index < -0.39 is 10.0 Å². The molecule has 8 heteroatoms. The van der Waals surface area contributed by atoms with Crippen LogP contribution in [0.4, 0.5) is 0 Å². The number of hydrogen-bond donors (Lipinski definition) is 1. The van der Waals surface area contributed by atoms with E-state index in [0.717, 1.165) is 11.1 Å². The van der Waals surface area contributed by atoms with Gasteiger partial charge in [-0.2, -0.15) is 0 Å². The number of rotatable bonds is 9. The summed E-state index contributed by atoms with van der Waals surface area (Å²) in [6.45, 7) is 3.95. The quantitative estimate of drug-likeness (QED) is 0.674. The zero-order valence-corrected chi connectivity index (χ0v) is 18.3. The van der Waals surface area contributed by atoms with Crippen LogP contribution in [0, 0.1) is 13.8 Å². The highest BCUT2D eigenvalue weighted by Gasteiger charge is 2.18. The van der Waals surface area contributed by atoms with E-state index in [1.165, 1.54) is 4.90 Å². The van der Waals surface area contributed by atoms with Crippen molar-refractivity contribution in [1.82, 2.24) is 9.62 Å². The molecule has 0 bridgehead atoms. The molecule has 7 nitrogen and oxygen atoms in total. The van der Waals surface area contributed by atoms with Crippen LogP contribution in [-0.4, -0.2) is 47.0 Å². The molecule has 0 fully saturated rings. The zero-order chi connectivity index (χ0) is 21.6. The lowest BCUT2D eigenvalue weighted by Crippen LogP contribution is -2.32. The summed E-state index contributed by atoms with van der Waals surface area (Å²) in [6.07, 6.45) is 0.0546. The van der Waals surface area contributed by atoms with Gasteiger partial charge < -0.3 is 14.4 Å². The molecule has 0 unspecified atom stereocenters. The zero-order valence-electron chi connectivity index (χ0n) is 17.5. The van der Waals surface area contributed by atoms with E-state index in [4.69, 9.17) is 9.47 Å². The lowest BCUT2D eigenvalue weighted by molar-refractivity contribution is -0.130. The second kappa shape index (κ2) is 9.76. The number of nitrogens with zero attached hydrogens (tertiary/aromatic N) is 1. The molecule has 2 rings (SSSR count). The van der Waals surface area contributed by atoms with Crippen molar-refractivity contribution in [3.63, 3.8) is 0 Å². The van der Waals surface area contributed by atoms with Crippen molar-refractivity contribution in [3.8, 4) is 11.5 Å². The molecular formula is C21H28N2O5S. The topological polar surface area (TPSA) is 84.9 Å². The third-order valence-corrected chi connectivity index (χ3v) is 6.19. The number of carbonyl (C=O) groups is 1. The van der Waals surface area contributed by atoms with Gasteiger partial charge in [-0.05, 0) is 43.2 Å². The van der Waals surface area contributed by atoms with Crippen LogP contribution in [0.5, 0.6) is 11.5 Å². The lowest BCUT2D eigenvalue weighted by Gasteiger charge is -2.19. The highest BCUT2D eigenvalue weighted by atomic mass is 32.2. The van der Waals surface area contributed by atoms with Crippen molar-refractivity contribution in [2.24, 2.45) is 0 Å². The highest BCUT2D eigenvalue weighted by Crippen LogP contribution is 2.25. The van der Waals surface area contributed by atoms with Gasteiger partial charge in [0.05, 0.1) is 19.1 Å². The minimum atomic E-state index is -3.67. The molecule has 1 amide bonds. The standard InChI is InChI=1S/C21H28N2O5S/c1-15-6-7-16(2)20(12-15)29(25,26)22-11-10-21(24)23(3)14-17-8-9-18(27-4)13-19(17)28-5/h6-9,12-13,22H,10-11,14H2,1-5H3. The fraction of sp³-hybridized carbons (Fsp3) is 0.381. The maximum Gasteiger partial charge on any atom is 0.240 e. The third-order valence-electron chi connectivity index (χ3n) is 4.59. The molecule has 0 saturated carbocycles. The molecule has 158 valence electrons. The normalized spacial score (nSPS) is 11.2. The average Bonchev–Trinajstić information content (AvgIpc) is 2.69. The molecule has 2 aromatic carbocycles. The SMILES string of the molecule is COc1ccc(CN(C)C(=O)CCNS(=O)(=O)c2cc(C)ccc2C)c(OC)c1. The fourth-order valence-electron chi connectivity index (χ4n) is 2.88. The summed E-state index contributed by atoms with van der Waals surface area (Å²) >= 11 is 0. The summed E-state index contributed by atoms with van der Waals surface area (Å²) in [5.74, 6) is 1.12. The summed E-state index contributed by atoms with van der Waals surface area (Å²) in [5.41, 5.74) is 2.36. The maximum atomic E-state index is 12.5. The summed E-state index contributed by atoms with van der Waals surface area (Å²) in [7, 11) is 1.14. The Labute approximate surface area is 172 Å². The van der Waals surface area contributed by atoms with Crippen molar-refractivity contribution in [2.45, 2.75) is 31.7 Å². The number of benzene rings is 2. The highest BCUT2D eigenvalue weighted by molar-refractivity contribution is 7.89. The fourth-order valence-corrected chi connectivity index (χ4v) is 4.24. The summed E-state index contributed by atoms with van der Waals surface area (Å²) in [4.78, 5) is 14.2. The second-order valence-corrected chi connectivity index (χ2v) is 8.58. The van der Waals surface area contributed by atoms with E-state index in [1.807, 2.05) is 19.1 Å². The predicted octanol–water partition coefficient (Wildman–Crippen LogP) is 2.65. The third kappa shape index (κ3) is 5.95. The monoisotopic (exact) mass is 420 g/mol. The van der Waals surface area contributed by atoms with Crippen LogP contribution in [0.25, 0.3) is 0 Å². The van der Waals surface area contributed by atoms with Crippen molar-refractivity contribution in [3.05, 3.63) is 53.1 Å². The molecular weight excluding hydrogens is 392 g/mol. The number of carbonyl (C=O) groups excluding carboxylic acids is 1. The summed E-state index contributed by atoms with van der Waals surface area (Å²) in [6, 6.07) is 10.7. The number of nitrogens with one attached hydrogen (secondary N) is 1. The van der Waals surface area contributed by atoms with Gasteiger partial charge in [-0.25, -0.2) is 13.1 Å². The molecule has 0 aliphatic heterocycles. The van der Waals surface area contributed by atoms with Crippen LogP contribution < -0.4 is 14.2 Å². The van der Waals surface area contributed by atoms with Gasteiger partial charge in [-0.1, -0.05) is 12.1 Å². The Morgan fingerprint density at radius 2 is 1.79 bits per heavy atom. The second-order valence-electron chi connectivity index (χ2n) is 6.84. The molecule has 0 atom stereocenters. The van der Waals surface area contributed by atoms with Gasteiger partial charge in [-0.15, -0.1) is 0 Å². The van der Waals surface area contributed by atoms with E-state index in [9.17, 15) is 13.2 Å². The van der Waals surface area contributed by atoms with E-state index in [2.05, 4.69) is 4.72 Å². The predicted molar refractivity (Wildman–Crippen MR) is 112 cm³/mol. The smallest absolute Gasteiger partial charge is 0.240 e. The Hall–Kier alpha value is -2.58. The van der Waals surface area contributed by atoms with Crippen LogP contribution in [0.2, 0.25) is 0 Å². The Balaban J connectivity index is 1.96. The number of sulfonamides is 1. The molecule has 0 radical (unpaired) electrons. The minimum absolute atomic E-state index is 0.0264. The van der Waals surface area contributed by atoms with Crippen molar-refractivity contribution in [1.29, 1.82) is 0 Å². The van der Waals surface area contributed by atoms with Gasteiger partial charge in [-0.3, -0.25) is 4.79 Å². The molecule has 0 saturated heterocycles. The van der Waals surface area contributed by atoms with Crippen molar-refractivity contribution >= 4 is 15.9 Å². The molecule has 2 aromatic rings. The molecule has 0 aliphatic rings. The Morgan fingerprint density at radius 1 is 1.07 bits per heavy atom. The molecule has 1 N–H and O–H groups in total. The first-order chi connectivity index (χ1) is 13.7. The number of ether oxygens (including phenoxy) is 2. The molecule has 0 aliphatic carbocycles. The summed E-state index contributed by atoms with van der Waals surface area (Å²) in [5, 5.41) is 0. The first-order valence-corrected chi connectivity index (χ1v) is 10.7. The van der Waals surface area contributed by atoms with Crippen LogP contribution in [0.1, 0.15) is 23.1 Å². The van der Waals surface area contributed by atoms with Crippen LogP contribution in [-0.2, 0) is 21.4 Å². The Morgan fingerprint density at radius 3 is 2.45 bits per heavy atom. The van der Waals surface area contributed by atoms with Gasteiger partial charge in [0.1, 0.15) is 11.5 Å². The molecule has 0 spiro atoms. The first-order valence-electron chi connectivity index (χ1n) is 9.19. The molecule has 29 heavy (non-hydrogen) atoms. The van der Waals surface area contributed by atoms with E-state index in [-0.39, 0.29) is 23.8 Å². The van der Waals surface area contributed by atoms with Crippen molar-refractivity contribution < 1.29 is 22.7 Å². The minimum Gasteiger partial charge on any atom is -0.497 e. The van der Waals surface area contributed by atoms with Crippen molar-refractivity contribution in [2.75, 3.05) is 27.8 Å². The lowest BCUT2D eigenvalue weighted by atomic mass is 10.1. The van der Waals surface area contributed by atoms with Gasteiger partial charge in [0, 0.05) is 38.2 Å². The Bertz CT molecular complexity index is 973. The Kier molecular flexibility index (Phi) is 7.64. The van der Waals surface area contributed by atoms with E-state index >= 15 is 0 Å². The number of amides is 1. The van der Waals surface area contributed by atoms with Crippen LogP contribution in [0.15, 0.2) is 41.3 Å². The number of hydrogen-bond acceptors (Lipinski definition) is 5. The first kappa shape index (κ1) is 22.7. The maximum absolute atomic E-state index is 12.5. The number of methoxy groups -OCH3 is 2. The number of aryl methyl sites for hydroxylation is 2. The van der Waals surface area contributed by atoms with Gasteiger partial charge in [0.2, 0.25) is 15.9 Å². The molecule has 0 heterocycles. The van der Waals surface area contributed by atoms with Gasteiger partial charge in [0.15, 0.2) is 0 Å². The van der Waals surface area contributed by atoms with Gasteiger partial charge >= 0.3 is 0 Å². The van der Waals surface area contributed by atoms with Crippen LogP contribution >= 0.6 is 0 Å². The van der Waals surface area contributed by atoms with Crippen LogP contribution in [0.3, 0.4) is 0 Å². The van der Waals surface area contributed by atoms with Gasteiger partial charge in [0.25, 0.3) is 0 Å².